The molecular formula is C9H21N3O2S. The predicted octanol–water partition coefficient (Wildman–Crippen LogP) is -0.243. The minimum Gasteiger partial charge on any atom is -0.330 e. The number of rotatable bonds is 5. The molecule has 0 aromatic carbocycles. The third kappa shape index (κ3) is 3.41. The van der Waals surface area contributed by atoms with Gasteiger partial charge in [0.15, 0.2) is 0 Å². The molecule has 1 aliphatic rings. The van der Waals surface area contributed by atoms with Gasteiger partial charge in [-0.2, -0.15) is 12.7 Å². The van der Waals surface area contributed by atoms with Crippen molar-refractivity contribution in [1.82, 2.24) is 9.03 Å². The van der Waals surface area contributed by atoms with Gasteiger partial charge in [-0.1, -0.05) is 6.42 Å². The van der Waals surface area contributed by atoms with Crippen LogP contribution in [0.2, 0.25) is 0 Å². The van der Waals surface area contributed by atoms with Gasteiger partial charge in [-0.25, -0.2) is 4.72 Å². The van der Waals surface area contributed by atoms with E-state index in [1.807, 2.05) is 0 Å². The lowest BCUT2D eigenvalue weighted by Crippen LogP contribution is -2.39. The summed E-state index contributed by atoms with van der Waals surface area (Å²) in [5.74, 6) is 0.889. The summed E-state index contributed by atoms with van der Waals surface area (Å²) >= 11 is 0. The molecule has 0 heterocycles. The molecule has 3 N–H and O–H groups in total. The van der Waals surface area contributed by atoms with Crippen LogP contribution in [0.15, 0.2) is 0 Å². The SMILES string of the molecule is CN(C)S(=O)(=O)NCC1CCCC1CN. The fraction of sp³-hybridized carbons (Fsp3) is 1.00. The lowest BCUT2D eigenvalue weighted by atomic mass is 9.97. The van der Waals surface area contributed by atoms with Crippen LogP contribution in [-0.2, 0) is 10.2 Å². The number of hydrogen-bond acceptors (Lipinski definition) is 3. The molecule has 0 spiro atoms. The first-order chi connectivity index (χ1) is 6.97. The second kappa shape index (κ2) is 5.25. The van der Waals surface area contributed by atoms with Crippen molar-refractivity contribution >= 4 is 10.2 Å². The van der Waals surface area contributed by atoms with Gasteiger partial charge in [0.2, 0.25) is 0 Å². The van der Waals surface area contributed by atoms with Crippen molar-refractivity contribution in [3.63, 3.8) is 0 Å². The summed E-state index contributed by atoms with van der Waals surface area (Å²) < 4.78 is 26.7. The second-order valence-electron chi connectivity index (χ2n) is 4.32. The molecule has 90 valence electrons. The Balaban J connectivity index is 2.43. The molecule has 0 radical (unpaired) electrons. The number of nitrogens with two attached hydrogens (primary N) is 1. The normalized spacial score (nSPS) is 27.5. The average molecular weight is 235 g/mol. The van der Waals surface area contributed by atoms with Gasteiger partial charge in [-0.15, -0.1) is 0 Å². The van der Waals surface area contributed by atoms with Crippen LogP contribution in [0.5, 0.6) is 0 Å². The minimum atomic E-state index is -3.27. The van der Waals surface area contributed by atoms with E-state index in [0.717, 1.165) is 19.3 Å². The fourth-order valence-electron chi connectivity index (χ4n) is 2.03. The van der Waals surface area contributed by atoms with Crippen molar-refractivity contribution in [2.75, 3.05) is 27.2 Å². The molecule has 0 aliphatic heterocycles. The van der Waals surface area contributed by atoms with Gasteiger partial charge in [0, 0.05) is 20.6 Å². The van der Waals surface area contributed by atoms with Gasteiger partial charge in [-0.3, -0.25) is 0 Å². The van der Waals surface area contributed by atoms with Crippen LogP contribution in [0.1, 0.15) is 19.3 Å². The van der Waals surface area contributed by atoms with Crippen molar-refractivity contribution in [3.8, 4) is 0 Å². The van der Waals surface area contributed by atoms with Gasteiger partial charge in [-0.05, 0) is 31.2 Å². The molecule has 2 atom stereocenters. The van der Waals surface area contributed by atoms with Gasteiger partial charge in [0.25, 0.3) is 10.2 Å². The van der Waals surface area contributed by atoms with Crippen molar-refractivity contribution in [3.05, 3.63) is 0 Å². The van der Waals surface area contributed by atoms with Crippen molar-refractivity contribution in [2.45, 2.75) is 19.3 Å². The summed E-state index contributed by atoms with van der Waals surface area (Å²) in [6.07, 6.45) is 3.37. The van der Waals surface area contributed by atoms with Crippen LogP contribution in [0.4, 0.5) is 0 Å². The minimum absolute atomic E-state index is 0.407. The lowest BCUT2D eigenvalue weighted by Gasteiger charge is -2.19. The highest BCUT2D eigenvalue weighted by molar-refractivity contribution is 7.87. The molecule has 1 rings (SSSR count). The molecule has 1 aliphatic carbocycles. The summed E-state index contributed by atoms with van der Waals surface area (Å²) in [5, 5.41) is 0. The summed E-state index contributed by atoms with van der Waals surface area (Å²) in [6.45, 7) is 1.18. The van der Waals surface area contributed by atoms with Gasteiger partial charge >= 0.3 is 0 Å². The van der Waals surface area contributed by atoms with E-state index in [4.69, 9.17) is 5.73 Å². The van der Waals surface area contributed by atoms with Gasteiger partial charge in [0.05, 0.1) is 0 Å². The van der Waals surface area contributed by atoms with E-state index in [9.17, 15) is 8.42 Å². The van der Waals surface area contributed by atoms with E-state index in [1.54, 1.807) is 0 Å². The highest BCUT2D eigenvalue weighted by atomic mass is 32.2. The molecule has 1 saturated carbocycles. The zero-order chi connectivity index (χ0) is 11.5. The molecule has 5 nitrogen and oxygen atoms in total. The first-order valence-corrected chi connectivity index (χ1v) is 6.78. The molecule has 0 aromatic heterocycles. The highest BCUT2D eigenvalue weighted by Gasteiger charge is 2.27. The average Bonchev–Trinajstić information content (AvgIpc) is 2.61. The summed E-state index contributed by atoms with van der Waals surface area (Å²) in [6, 6.07) is 0. The van der Waals surface area contributed by atoms with Crippen LogP contribution < -0.4 is 10.5 Å². The quantitative estimate of drug-likeness (QED) is 0.690. The van der Waals surface area contributed by atoms with Crippen molar-refractivity contribution < 1.29 is 8.42 Å². The molecule has 6 heteroatoms. The van der Waals surface area contributed by atoms with Crippen LogP contribution in [0, 0.1) is 11.8 Å². The topological polar surface area (TPSA) is 75.4 Å². The molecule has 0 amide bonds. The first kappa shape index (κ1) is 12.9. The zero-order valence-electron chi connectivity index (χ0n) is 9.44. The number of hydrogen-bond donors (Lipinski definition) is 2. The van der Waals surface area contributed by atoms with E-state index in [1.165, 1.54) is 18.4 Å². The highest BCUT2D eigenvalue weighted by Crippen LogP contribution is 2.30. The molecule has 0 bridgehead atoms. The molecule has 0 aromatic rings. The van der Waals surface area contributed by atoms with E-state index in [-0.39, 0.29) is 0 Å². The van der Waals surface area contributed by atoms with E-state index < -0.39 is 10.2 Å². The molecule has 0 saturated heterocycles. The maximum atomic E-state index is 11.5. The van der Waals surface area contributed by atoms with Crippen LogP contribution in [0.3, 0.4) is 0 Å². The maximum Gasteiger partial charge on any atom is 0.278 e. The van der Waals surface area contributed by atoms with Gasteiger partial charge < -0.3 is 5.73 Å². The smallest absolute Gasteiger partial charge is 0.278 e. The number of nitrogens with zero attached hydrogens (tertiary/aromatic N) is 1. The predicted molar refractivity (Wildman–Crippen MR) is 60.5 cm³/mol. The van der Waals surface area contributed by atoms with E-state index in [0.29, 0.717) is 24.9 Å². The summed E-state index contributed by atoms with van der Waals surface area (Å²) in [7, 11) is -0.224. The monoisotopic (exact) mass is 235 g/mol. The zero-order valence-corrected chi connectivity index (χ0v) is 10.3. The standard InChI is InChI=1S/C9H21N3O2S/c1-12(2)15(13,14)11-7-9-5-3-4-8(9)6-10/h8-9,11H,3-7,10H2,1-2H3. The van der Waals surface area contributed by atoms with Crippen molar-refractivity contribution in [1.29, 1.82) is 0 Å². The van der Waals surface area contributed by atoms with E-state index >= 15 is 0 Å². The van der Waals surface area contributed by atoms with E-state index in [2.05, 4.69) is 4.72 Å². The Morgan fingerprint density at radius 2 is 1.93 bits per heavy atom. The third-order valence-corrected chi connectivity index (χ3v) is 4.62. The third-order valence-electron chi connectivity index (χ3n) is 3.13. The Morgan fingerprint density at radius 3 is 2.47 bits per heavy atom. The summed E-state index contributed by atoms with van der Waals surface area (Å²) in [4.78, 5) is 0. The van der Waals surface area contributed by atoms with Gasteiger partial charge in [0.1, 0.15) is 0 Å². The fourth-order valence-corrected chi connectivity index (χ4v) is 2.72. The largest absolute Gasteiger partial charge is 0.330 e. The molecule has 2 unspecified atom stereocenters. The second-order valence-corrected chi connectivity index (χ2v) is 6.29. The Labute approximate surface area is 92.2 Å². The van der Waals surface area contributed by atoms with Crippen molar-refractivity contribution in [2.24, 2.45) is 17.6 Å². The Morgan fingerprint density at radius 1 is 1.33 bits per heavy atom. The Kier molecular flexibility index (Phi) is 4.51. The molecule has 1 fully saturated rings. The first-order valence-electron chi connectivity index (χ1n) is 5.34. The van der Waals surface area contributed by atoms with Crippen LogP contribution in [-0.4, -0.2) is 39.9 Å². The molecule has 15 heavy (non-hydrogen) atoms. The summed E-state index contributed by atoms with van der Waals surface area (Å²) in [5.41, 5.74) is 5.64. The van der Waals surface area contributed by atoms with Crippen LogP contribution in [0.25, 0.3) is 0 Å². The maximum absolute atomic E-state index is 11.5. The Bertz CT molecular complexity index is 290. The molecular weight excluding hydrogens is 214 g/mol. The Hall–Kier alpha value is -0.170. The number of nitrogens with one attached hydrogen (secondary N) is 1. The van der Waals surface area contributed by atoms with Crippen LogP contribution >= 0.6 is 0 Å². The lowest BCUT2D eigenvalue weighted by molar-refractivity contribution is 0.388.